The fraction of sp³-hybridized carbons (Fsp3) is 0.756. The molecule has 0 rings (SSSR count). The molecule has 0 heterocycles. The highest BCUT2D eigenvalue weighted by atomic mass is 16.3. The summed E-state index contributed by atoms with van der Waals surface area (Å²) >= 11 is 0. The average Bonchev–Trinajstić information content (AvgIpc) is 3.50. The van der Waals surface area contributed by atoms with Crippen molar-refractivity contribution in [3.8, 4) is 0 Å². The van der Waals surface area contributed by atoms with Crippen molar-refractivity contribution < 1.29 is 15.0 Å². The molecular weight excluding hydrogens is 999 g/mol. The molecule has 0 bridgehead atoms. The van der Waals surface area contributed by atoms with Gasteiger partial charge in [0.25, 0.3) is 0 Å². The molecule has 2 atom stereocenters. The molecule has 0 aliphatic heterocycles. The number of carbonyl (C=O) groups excluding carboxylic acids is 1. The molecule has 0 fully saturated rings. The SMILES string of the molecule is CC/C=C\C/C=C\C/C=C\C/C=C\C/C=C\C/C=C\C/C=C\CCCCCCCCCCCCCCCCCCCC(=O)NC(CO)C(O)/C=C/CC/C=C/CCCCCCCCCCCCCCCCCCCCCCCCCCC. The van der Waals surface area contributed by atoms with Gasteiger partial charge in [-0.15, -0.1) is 0 Å². The number of unbranched alkanes of at least 4 members (excludes halogenated alkanes) is 43. The first-order valence-electron chi connectivity index (χ1n) is 36.1. The number of aliphatic hydroxyl groups is 2. The molecule has 0 saturated heterocycles. The smallest absolute Gasteiger partial charge is 0.220 e. The van der Waals surface area contributed by atoms with Crippen molar-refractivity contribution in [3.63, 3.8) is 0 Å². The lowest BCUT2D eigenvalue weighted by atomic mass is 10.0. The second-order valence-electron chi connectivity index (χ2n) is 24.3. The van der Waals surface area contributed by atoms with Gasteiger partial charge < -0.3 is 15.5 Å². The van der Waals surface area contributed by atoms with Gasteiger partial charge in [0.15, 0.2) is 0 Å². The summed E-state index contributed by atoms with van der Waals surface area (Å²) in [6, 6.07) is -0.646. The van der Waals surface area contributed by atoms with Gasteiger partial charge in [0.05, 0.1) is 18.8 Å². The van der Waals surface area contributed by atoms with Crippen molar-refractivity contribution in [2.24, 2.45) is 0 Å². The lowest BCUT2D eigenvalue weighted by Crippen LogP contribution is -2.45. The Labute approximate surface area is 512 Å². The van der Waals surface area contributed by atoms with Gasteiger partial charge in [0, 0.05) is 6.42 Å². The molecule has 0 aromatic carbocycles. The van der Waals surface area contributed by atoms with Crippen LogP contribution >= 0.6 is 0 Å². The predicted molar refractivity (Wildman–Crippen MR) is 368 cm³/mol. The van der Waals surface area contributed by atoms with Crippen molar-refractivity contribution in [2.75, 3.05) is 6.61 Å². The van der Waals surface area contributed by atoms with E-state index in [4.69, 9.17) is 0 Å². The number of hydrogen-bond acceptors (Lipinski definition) is 3. The minimum absolute atomic E-state index is 0.0716. The molecule has 1 amide bonds. The van der Waals surface area contributed by atoms with Gasteiger partial charge in [0.2, 0.25) is 5.91 Å². The Kier molecular flexibility index (Phi) is 69.7. The first-order valence-corrected chi connectivity index (χ1v) is 36.1. The number of carbonyl (C=O) groups is 1. The van der Waals surface area contributed by atoms with Crippen LogP contribution in [0.25, 0.3) is 0 Å². The summed E-state index contributed by atoms with van der Waals surface area (Å²) in [6.07, 6.45) is 109. The zero-order chi connectivity index (χ0) is 59.1. The minimum Gasteiger partial charge on any atom is -0.394 e. The molecule has 0 aromatic rings. The zero-order valence-electron chi connectivity index (χ0n) is 54.7. The van der Waals surface area contributed by atoms with E-state index in [-0.39, 0.29) is 12.5 Å². The lowest BCUT2D eigenvalue weighted by Gasteiger charge is -2.19. The van der Waals surface area contributed by atoms with Crippen LogP contribution in [0.1, 0.15) is 361 Å². The van der Waals surface area contributed by atoms with E-state index in [1.165, 1.54) is 263 Å². The molecule has 474 valence electrons. The topological polar surface area (TPSA) is 69.6 Å². The fourth-order valence-electron chi connectivity index (χ4n) is 10.8. The van der Waals surface area contributed by atoms with Crippen LogP contribution in [0.3, 0.4) is 0 Å². The van der Waals surface area contributed by atoms with E-state index in [0.717, 1.165) is 77.0 Å². The van der Waals surface area contributed by atoms with E-state index in [1.807, 2.05) is 6.08 Å². The third-order valence-electron chi connectivity index (χ3n) is 16.2. The standard InChI is InChI=1S/C78H139NO3/c1-3-5-7-9-11-13-15-17-19-21-23-25-27-29-31-33-35-36-37-38-39-40-41-42-44-46-48-50-52-54-56-58-60-62-64-66-68-70-72-74-78(82)79-76(75-80)77(81)73-71-69-67-65-63-61-59-57-55-53-51-49-47-45-43-34-32-30-28-26-24-22-20-18-16-14-12-10-8-6-4-2/h5,7,11,13,17,19,23,25,29,31,35-36,38-39,63,65,71,73,76-77,80-81H,3-4,6,8-10,12,14-16,18,20-22,24,26-28,30,32-34,37,40-62,64,66-70,72,74-75H2,1-2H3,(H,79,82)/b7-5-,13-11-,19-17-,25-23-,31-29-,36-35-,39-38-,65-63+,73-71+. The zero-order valence-corrected chi connectivity index (χ0v) is 54.7. The van der Waals surface area contributed by atoms with E-state index < -0.39 is 12.1 Å². The number of amides is 1. The summed E-state index contributed by atoms with van der Waals surface area (Å²) in [7, 11) is 0. The van der Waals surface area contributed by atoms with Crippen LogP contribution in [0.15, 0.2) is 109 Å². The molecule has 3 N–H and O–H groups in total. The number of allylic oxidation sites excluding steroid dienone is 17. The molecule has 0 radical (unpaired) electrons. The molecule has 0 aromatic heterocycles. The quantitative estimate of drug-likeness (QED) is 0.0420. The summed E-state index contributed by atoms with van der Waals surface area (Å²) in [5.41, 5.74) is 0. The number of aliphatic hydroxyl groups excluding tert-OH is 2. The lowest BCUT2D eigenvalue weighted by molar-refractivity contribution is -0.123. The molecule has 0 saturated carbocycles. The van der Waals surface area contributed by atoms with Gasteiger partial charge in [0.1, 0.15) is 0 Å². The van der Waals surface area contributed by atoms with Crippen LogP contribution in [-0.4, -0.2) is 34.9 Å². The van der Waals surface area contributed by atoms with Crippen LogP contribution in [0.5, 0.6) is 0 Å². The Morgan fingerprint density at radius 3 is 0.854 bits per heavy atom. The summed E-state index contributed by atoms with van der Waals surface area (Å²) in [5, 5.41) is 23.3. The number of rotatable bonds is 66. The number of nitrogens with one attached hydrogen (secondary N) is 1. The van der Waals surface area contributed by atoms with E-state index in [1.54, 1.807) is 6.08 Å². The number of hydrogen-bond donors (Lipinski definition) is 3. The molecule has 0 spiro atoms. The first-order chi connectivity index (χ1) is 40.7. The van der Waals surface area contributed by atoms with Crippen LogP contribution in [0.4, 0.5) is 0 Å². The third-order valence-corrected chi connectivity index (χ3v) is 16.2. The summed E-state index contributed by atoms with van der Waals surface area (Å²) in [5.74, 6) is -0.0716. The van der Waals surface area contributed by atoms with E-state index in [2.05, 4.69) is 116 Å². The van der Waals surface area contributed by atoms with Gasteiger partial charge in [-0.05, 0) is 89.9 Å². The van der Waals surface area contributed by atoms with Gasteiger partial charge in [-0.1, -0.05) is 374 Å². The van der Waals surface area contributed by atoms with Crippen molar-refractivity contribution in [3.05, 3.63) is 109 Å². The maximum Gasteiger partial charge on any atom is 0.220 e. The van der Waals surface area contributed by atoms with Crippen LogP contribution in [-0.2, 0) is 4.79 Å². The monoisotopic (exact) mass is 1140 g/mol. The Balaban J connectivity index is 3.50. The van der Waals surface area contributed by atoms with Crippen molar-refractivity contribution in [2.45, 2.75) is 373 Å². The molecule has 82 heavy (non-hydrogen) atoms. The highest BCUT2D eigenvalue weighted by Gasteiger charge is 2.18. The van der Waals surface area contributed by atoms with Crippen LogP contribution in [0, 0.1) is 0 Å². The predicted octanol–water partition coefficient (Wildman–Crippen LogP) is 24.9. The van der Waals surface area contributed by atoms with Crippen LogP contribution in [0.2, 0.25) is 0 Å². The molecular formula is C78H139NO3. The largest absolute Gasteiger partial charge is 0.394 e. The molecule has 4 nitrogen and oxygen atoms in total. The summed E-state index contributed by atoms with van der Waals surface area (Å²) in [4.78, 5) is 12.5. The van der Waals surface area contributed by atoms with E-state index in [0.29, 0.717) is 6.42 Å². The third kappa shape index (κ3) is 67.8. The average molecular weight is 1140 g/mol. The maximum atomic E-state index is 12.5. The van der Waals surface area contributed by atoms with Gasteiger partial charge in [-0.3, -0.25) is 4.79 Å². The molecule has 4 heteroatoms. The Morgan fingerprint density at radius 2 is 0.549 bits per heavy atom. The Hall–Kier alpha value is -2.95. The highest BCUT2D eigenvalue weighted by molar-refractivity contribution is 5.76. The Morgan fingerprint density at radius 1 is 0.305 bits per heavy atom. The Bertz CT molecular complexity index is 1530. The fourth-order valence-corrected chi connectivity index (χ4v) is 10.8. The normalized spacial score (nSPS) is 13.4. The second-order valence-corrected chi connectivity index (χ2v) is 24.3. The minimum atomic E-state index is -0.869. The molecule has 0 aliphatic rings. The van der Waals surface area contributed by atoms with Crippen molar-refractivity contribution in [1.82, 2.24) is 5.32 Å². The molecule has 2 unspecified atom stereocenters. The van der Waals surface area contributed by atoms with E-state index >= 15 is 0 Å². The molecule has 0 aliphatic carbocycles. The van der Waals surface area contributed by atoms with Gasteiger partial charge in [-0.2, -0.15) is 0 Å². The summed E-state index contributed by atoms with van der Waals surface area (Å²) in [6.45, 7) is 4.21. The van der Waals surface area contributed by atoms with E-state index in [9.17, 15) is 15.0 Å². The van der Waals surface area contributed by atoms with Crippen molar-refractivity contribution in [1.29, 1.82) is 0 Å². The van der Waals surface area contributed by atoms with Gasteiger partial charge >= 0.3 is 0 Å². The maximum absolute atomic E-state index is 12.5. The highest BCUT2D eigenvalue weighted by Crippen LogP contribution is 2.18. The van der Waals surface area contributed by atoms with Gasteiger partial charge in [-0.25, -0.2) is 0 Å². The first kappa shape index (κ1) is 79.0. The second kappa shape index (κ2) is 72.3. The van der Waals surface area contributed by atoms with Crippen molar-refractivity contribution >= 4 is 5.91 Å². The van der Waals surface area contributed by atoms with Crippen LogP contribution < -0.4 is 5.32 Å². The summed E-state index contributed by atoms with van der Waals surface area (Å²) < 4.78 is 0.